The van der Waals surface area contributed by atoms with Crippen molar-refractivity contribution in [2.75, 3.05) is 6.61 Å². The van der Waals surface area contributed by atoms with Crippen molar-refractivity contribution < 1.29 is 27.8 Å². The summed E-state index contributed by atoms with van der Waals surface area (Å²) in [6.45, 7) is 3.72. The fourth-order valence-corrected chi connectivity index (χ4v) is 4.66. The molecular weight excluding hydrogens is 445 g/mol. The first-order valence-corrected chi connectivity index (χ1v) is 10.5. The average molecular weight is 467 g/mol. The van der Waals surface area contributed by atoms with Crippen LogP contribution < -0.4 is 4.74 Å². The Morgan fingerprint density at radius 2 is 2.00 bits per heavy atom. The number of alkyl halides is 3. The predicted molar refractivity (Wildman–Crippen MR) is 114 cm³/mol. The van der Waals surface area contributed by atoms with E-state index in [-0.39, 0.29) is 11.4 Å². The second-order valence-corrected chi connectivity index (χ2v) is 9.32. The Bertz CT molecular complexity index is 1190. The van der Waals surface area contributed by atoms with E-state index in [2.05, 4.69) is 9.97 Å². The molecule has 9 heteroatoms. The van der Waals surface area contributed by atoms with Crippen molar-refractivity contribution in [1.82, 2.24) is 9.97 Å². The third-order valence-corrected chi connectivity index (χ3v) is 6.11. The minimum atomic E-state index is -4.90. The number of aromatic nitrogens is 2. The van der Waals surface area contributed by atoms with Gasteiger partial charge in [-0.05, 0) is 47.7 Å². The van der Waals surface area contributed by atoms with E-state index in [4.69, 9.17) is 16.3 Å². The van der Waals surface area contributed by atoms with Crippen LogP contribution in [0.1, 0.15) is 47.6 Å². The number of carbonyl (C=O) groups excluding carboxylic acids is 1. The van der Waals surface area contributed by atoms with Crippen molar-refractivity contribution in [3.8, 4) is 5.75 Å². The topological polar surface area (TPSA) is 75.2 Å². The first-order valence-electron chi connectivity index (χ1n) is 10.1. The molecule has 0 spiro atoms. The van der Waals surface area contributed by atoms with Crippen LogP contribution in [0.25, 0.3) is 11.0 Å². The van der Waals surface area contributed by atoms with Crippen LogP contribution >= 0.6 is 11.6 Å². The molecule has 1 unspecified atom stereocenters. The van der Waals surface area contributed by atoms with Crippen molar-refractivity contribution in [1.29, 1.82) is 0 Å². The molecule has 0 saturated carbocycles. The third-order valence-electron chi connectivity index (χ3n) is 5.90. The molecule has 32 heavy (non-hydrogen) atoms. The number of carbonyl (C=O) groups is 1. The normalized spacial score (nSPS) is 16.0. The second kappa shape index (κ2) is 7.78. The van der Waals surface area contributed by atoms with Gasteiger partial charge in [0.05, 0.1) is 17.6 Å². The molecule has 2 aromatic heterocycles. The number of H-pyrrole nitrogens is 1. The smallest absolute Gasteiger partial charge is 0.417 e. The van der Waals surface area contributed by atoms with Gasteiger partial charge in [0.1, 0.15) is 11.4 Å². The lowest BCUT2D eigenvalue weighted by Crippen LogP contribution is -2.51. The van der Waals surface area contributed by atoms with Crippen LogP contribution in [0.4, 0.5) is 13.2 Å². The van der Waals surface area contributed by atoms with Gasteiger partial charge >= 0.3 is 6.18 Å². The highest BCUT2D eigenvalue weighted by Crippen LogP contribution is 2.47. The summed E-state index contributed by atoms with van der Waals surface area (Å²) in [4.78, 5) is 17.9. The Kier molecular flexibility index (Phi) is 5.49. The lowest BCUT2D eigenvalue weighted by atomic mass is 9.73. The molecule has 1 aliphatic heterocycles. The fourth-order valence-electron chi connectivity index (χ4n) is 4.42. The molecule has 0 radical (unpaired) electrons. The molecule has 1 aliphatic rings. The van der Waals surface area contributed by atoms with Crippen LogP contribution in [-0.4, -0.2) is 39.7 Å². The van der Waals surface area contributed by atoms with Crippen LogP contribution in [0.15, 0.2) is 30.3 Å². The summed E-state index contributed by atoms with van der Waals surface area (Å²) >= 11 is 6.22. The number of benzene rings is 1. The maximum atomic E-state index is 14.2. The molecule has 0 fully saturated rings. The summed E-state index contributed by atoms with van der Waals surface area (Å²) in [5.41, 5.74) is -1.57. The molecule has 170 valence electrons. The molecule has 1 atom stereocenters. The number of nitrogens with zero attached hydrogens (tertiary/aromatic N) is 1. The van der Waals surface area contributed by atoms with Gasteiger partial charge in [-0.25, -0.2) is 4.98 Å². The molecule has 0 amide bonds. The number of hydrogen-bond donors (Lipinski definition) is 2. The monoisotopic (exact) mass is 466 g/mol. The molecule has 4 rings (SSSR count). The molecule has 0 saturated heterocycles. The van der Waals surface area contributed by atoms with Gasteiger partial charge in [-0.3, -0.25) is 4.79 Å². The van der Waals surface area contributed by atoms with Crippen molar-refractivity contribution in [3.63, 3.8) is 0 Å². The van der Waals surface area contributed by atoms with Gasteiger partial charge < -0.3 is 14.8 Å². The molecule has 0 bridgehead atoms. The summed E-state index contributed by atoms with van der Waals surface area (Å²) < 4.78 is 48.2. The van der Waals surface area contributed by atoms with E-state index in [1.54, 1.807) is 32.0 Å². The number of halogens is 4. The van der Waals surface area contributed by atoms with E-state index in [1.165, 1.54) is 12.1 Å². The fraction of sp³-hybridized carbons (Fsp3) is 0.391. The molecule has 5 nitrogen and oxygen atoms in total. The minimum Gasteiger partial charge on any atom is -0.493 e. The third kappa shape index (κ3) is 4.09. The van der Waals surface area contributed by atoms with Crippen molar-refractivity contribution in [2.24, 2.45) is 0 Å². The number of rotatable bonds is 6. The van der Waals surface area contributed by atoms with E-state index in [0.717, 1.165) is 5.56 Å². The summed E-state index contributed by atoms with van der Waals surface area (Å²) in [7, 11) is 0. The van der Waals surface area contributed by atoms with E-state index < -0.39 is 30.0 Å². The number of hydrogen-bond acceptors (Lipinski definition) is 4. The van der Waals surface area contributed by atoms with Crippen LogP contribution in [0.5, 0.6) is 5.75 Å². The van der Waals surface area contributed by atoms with Crippen molar-refractivity contribution >= 4 is 28.9 Å². The van der Waals surface area contributed by atoms with Crippen molar-refractivity contribution in [2.45, 2.75) is 50.3 Å². The molecule has 1 aromatic carbocycles. The number of aldehydes is 1. The zero-order chi connectivity index (χ0) is 23.3. The highest BCUT2D eigenvalue weighted by molar-refractivity contribution is 6.30. The molecule has 3 aromatic rings. The van der Waals surface area contributed by atoms with E-state index in [0.29, 0.717) is 46.7 Å². The molecule has 3 heterocycles. The largest absolute Gasteiger partial charge is 0.493 e. The second-order valence-electron chi connectivity index (χ2n) is 8.89. The number of aromatic amines is 1. The maximum Gasteiger partial charge on any atom is 0.417 e. The Hall–Kier alpha value is -2.58. The summed E-state index contributed by atoms with van der Waals surface area (Å²) in [6.07, 6.45) is -5.01. The SMILES string of the molecule is CC(C)(CC(O)(Cc1cc2nc(C=O)ccc2[nH]1)C(F)(F)F)c1cc(Cl)cc2c1OCC2. The highest BCUT2D eigenvalue weighted by atomic mass is 35.5. The minimum absolute atomic E-state index is 0.166. The Morgan fingerprint density at radius 1 is 1.25 bits per heavy atom. The quantitative estimate of drug-likeness (QED) is 0.492. The Balaban J connectivity index is 1.70. The van der Waals surface area contributed by atoms with Gasteiger partial charge in [0, 0.05) is 29.1 Å². The van der Waals surface area contributed by atoms with E-state index in [1.807, 2.05) is 0 Å². The van der Waals surface area contributed by atoms with E-state index in [9.17, 15) is 23.1 Å². The van der Waals surface area contributed by atoms with Gasteiger partial charge in [-0.15, -0.1) is 0 Å². The number of nitrogens with one attached hydrogen (secondary N) is 1. The van der Waals surface area contributed by atoms with Crippen LogP contribution in [-0.2, 0) is 18.3 Å². The first-order chi connectivity index (χ1) is 14.9. The maximum absolute atomic E-state index is 14.2. The summed E-state index contributed by atoms with van der Waals surface area (Å²) in [6, 6.07) is 7.82. The predicted octanol–water partition coefficient (Wildman–Crippen LogP) is 5.17. The summed E-state index contributed by atoms with van der Waals surface area (Å²) in [5.74, 6) is 0.542. The zero-order valence-corrected chi connectivity index (χ0v) is 18.3. The number of ether oxygens (including phenoxy) is 1. The standard InChI is InChI=1S/C23H22ClF3N2O3/c1-21(2,17-8-14(24)7-13-5-6-32-20(13)17)12-22(31,23(25,26)27)10-16-9-19-18(29-16)4-3-15(11-30)28-19/h3-4,7-9,11,29,31H,5-6,10,12H2,1-2H3. The molecule has 2 N–H and O–H groups in total. The average Bonchev–Trinajstić information content (AvgIpc) is 3.30. The number of pyridine rings is 1. The van der Waals surface area contributed by atoms with Gasteiger partial charge in [0.2, 0.25) is 0 Å². The number of aliphatic hydroxyl groups is 1. The van der Waals surface area contributed by atoms with Gasteiger partial charge in [0.15, 0.2) is 11.9 Å². The zero-order valence-electron chi connectivity index (χ0n) is 17.5. The van der Waals surface area contributed by atoms with Gasteiger partial charge in [0.25, 0.3) is 0 Å². The lowest BCUT2D eigenvalue weighted by Gasteiger charge is -2.38. The van der Waals surface area contributed by atoms with Crippen LogP contribution in [0.3, 0.4) is 0 Å². The number of fused-ring (bicyclic) bond motifs is 2. The van der Waals surface area contributed by atoms with E-state index >= 15 is 0 Å². The Labute approximate surface area is 187 Å². The van der Waals surface area contributed by atoms with Gasteiger partial charge in [-0.1, -0.05) is 25.4 Å². The van der Waals surface area contributed by atoms with Gasteiger partial charge in [-0.2, -0.15) is 13.2 Å². The van der Waals surface area contributed by atoms with Crippen LogP contribution in [0.2, 0.25) is 5.02 Å². The lowest BCUT2D eigenvalue weighted by molar-refractivity contribution is -0.266. The summed E-state index contributed by atoms with van der Waals surface area (Å²) in [5, 5.41) is 11.4. The first kappa shape index (κ1) is 22.6. The molecular formula is C23H22ClF3N2O3. The van der Waals surface area contributed by atoms with Crippen molar-refractivity contribution in [3.05, 3.63) is 57.9 Å². The highest BCUT2D eigenvalue weighted by Gasteiger charge is 2.56. The molecule has 0 aliphatic carbocycles. The van der Waals surface area contributed by atoms with Crippen LogP contribution in [0, 0.1) is 0 Å². The Morgan fingerprint density at radius 3 is 2.69 bits per heavy atom.